The minimum atomic E-state index is -0.396. The normalized spacial score (nSPS) is 12.3. The molecule has 1 aliphatic rings. The van der Waals surface area contributed by atoms with Crippen LogP contribution in [-0.4, -0.2) is 32.0 Å². The van der Waals surface area contributed by atoms with Crippen LogP contribution in [0, 0.1) is 0 Å². The monoisotopic (exact) mass is 367 g/mol. The first-order valence-electron chi connectivity index (χ1n) is 9.14. The van der Waals surface area contributed by atoms with E-state index in [9.17, 15) is 9.59 Å². The van der Waals surface area contributed by atoms with E-state index in [1.165, 1.54) is 17.5 Å². The lowest BCUT2D eigenvalue weighted by Crippen LogP contribution is -2.35. The minimum absolute atomic E-state index is 0.131. The summed E-state index contributed by atoms with van der Waals surface area (Å²) in [5.41, 5.74) is 9.61. The number of primary amides is 1. The van der Waals surface area contributed by atoms with Gasteiger partial charge in [0.2, 0.25) is 11.8 Å². The third-order valence-corrected chi connectivity index (χ3v) is 4.78. The van der Waals surface area contributed by atoms with Crippen LogP contribution >= 0.6 is 0 Å². The number of aryl methyl sites for hydroxylation is 2. The van der Waals surface area contributed by atoms with Gasteiger partial charge in [-0.25, -0.2) is 0 Å². The number of rotatable bonds is 8. The maximum Gasteiger partial charge on any atom is 0.243 e. The van der Waals surface area contributed by atoms with Crippen molar-refractivity contribution in [2.45, 2.75) is 25.7 Å². The fourth-order valence-electron chi connectivity index (χ4n) is 3.36. The Morgan fingerprint density at radius 1 is 1.11 bits per heavy atom. The number of nitrogens with one attached hydrogen (secondary N) is 1. The highest BCUT2D eigenvalue weighted by molar-refractivity contribution is 5.94. The van der Waals surface area contributed by atoms with Crippen molar-refractivity contribution < 1.29 is 14.3 Å². The van der Waals surface area contributed by atoms with E-state index < -0.39 is 5.91 Å². The number of carbonyl (C=O) groups is 2. The van der Waals surface area contributed by atoms with Crippen LogP contribution in [0.1, 0.15) is 24.0 Å². The van der Waals surface area contributed by atoms with E-state index >= 15 is 0 Å². The first kappa shape index (κ1) is 18.8. The molecule has 0 aromatic heterocycles. The van der Waals surface area contributed by atoms with Crippen LogP contribution in [0.15, 0.2) is 42.5 Å². The minimum Gasteiger partial charge on any atom is -0.497 e. The third kappa shape index (κ3) is 5.00. The van der Waals surface area contributed by atoms with E-state index in [4.69, 9.17) is 10.5 Å². The van der Waals surface area contributed by atoms with Crippen molar-refractivity contribution >= 4 is 23.2 Å². The molecule has 0 unspecified atom stereocenters. The number of nitrogens with zero attached hydrogens (tertiary/aromatic N) is 1. The number of fused-ring (bicyclic) bond motifs is 1. The van der Waals surface area contributed by atoms with Crippen molar-refractivity contribution in [1.29, 1.82) is 0 Å². The summed E-state index contributed by atoms with van der Waals surface area (Å²) in [6, 6.07) is 13.5. The smallest absolute Gasteiger partial charge is 0.243 e. The Labute approximate surface area is 159 Å². The first-order chi connectivity index (χ1) is 13.0. The summed E-state index contributed by atoms with van der Waals surface area (Å²) in [4.78, 5) is 25.6. The average molecular weight is 367 g/mol. The molecule has 0 saturated carbocycles. The lowest BCUT2D eigenvalue weighted by atomic mass is 10.1. The van der Waals surface area contributed by atoms with Gasteiger partial charge in [-0.2, -0.15) is 0 Å². The summed E-state index contributed by atoms with van der Waals surface area (Å²) in [7, 11) is 1.60. The van der Waals surface area contributed by atoms with Crippen LogP contribution in [0.2, 0.25) is 0 Å². The Kier molecular flexibility index (Phi) is 5.96. The second-order valence-corrected chi connectivity index (χ2v) is 6.72. The van der Waals surface area contributed by atoms with Gasteiger partial charge in [0.05, 0.1) is 13.7 Å². The Morgan fingerprint density at radius 2 is 1.85 bits per heavy atom. The van der Waals surface area contributed by atoms with Crippen molar-refractivity contribution in [3.05, 3.63) is 53.6 Å². The molecule has 0 aliphatic heterocycles. The van der Waals surface area contributed by atoms with Crippen LogP contribution in [-0.2, 0) is 22.4 Å². The second-order valence-electron chi connectivity index (χ2n) is 6.72. The number of hydrogen-bond donors (Lipinski definition) is 2. The molecular weight excluding hydrogens is 342 g/mol. The molecule has 0 fully saturated rings. The number of carbonyl (C=O) groups excluding carboxylic acids is 2. The lowest BCUT2D eigenvalue weighted by molar-refractivity contribution is -0.118. The molecular formula is C21H25N3O3. The molecule has 142 valence electrons. The summed E-state index contributed by atoms with van der Waals surface area (Å²) < 4.78 is 5.17. The van der Waals surface area contributed by atoms with E-state index in [0.717, 1.165) is 30.0 Å². The standard InChI is InChI=1S/C21H25N3O3/c1-27-19-9-7-18(8-10-19)24(12-11-20(22)25)14-21(26)23-17-6-5-15-3-2-4-16(15)13-17/h5-10,13H,2-4,11-12,14H2,1H3,(H2,22,25)(H,23,26). The SMILES string of the molecule is COc1ccc(N(CCC(N)=O)CC(=O)Nc2ccc3c(c2)CCC3)cc1. The molecule has 0 spiro atoms. The van der Waals surface area contributed by atoms with Crippen LogP contribution in [0.3, 0.4) is 0 Å². The van der Waals surface area contributed by atoms with Crippen LogP contribution in [0.25, 0.3) is 0 Å². The first-order valence-corrected chi connectivity index (χ1v) is 9.14. The highest BCUT2D eigenvalue weighted by Crippen LogP contribution is 2.25. The molecule has 0 bridgehead atoms. The predicted octanol–water partition coefficient (Wildman–Crippen LogP) is 2.50. The van der Waals surface area contributed by atoms with Gasteiger partial charge in [-0.05, 0) is 66.8 Å². The number of anilines is 2. The van der Waals surface area contributed by atoms with E-state index in [1.54, 1.807) is 7.11 Å². The van der Waals surface area contributed by atoms with Crippen molar-refractivity contribution in [3.8, 4) is 5.75 Å². The van der Waals surface area contributed by atoms with Gasteiger partial charge in [0.1, 0.15) is 5.75 Å². The Balaban J connectivity index is 1.68. The maximum atomic E-state index is 12.6. The molecule has 2 amide bonds. The highest BCUT2D eigenvalue weighted by atomic mass is 16.5. The van der Waals surface area contributed by atoms with Crippen molar-refractivity contribution in [2.24, 2.45) is 5.73 Å². The summed E-state index contributed by atoms with van der Waals surface area (Å²) in [6.45, 7) is 0.510. The van der Waals surface area contributed by atoms with Gasteiger partial charge in [-0.3, -0.25) is 9.59 Å². The average Bonchev–Trinajstić information content (AvgIpc) is 3.13. The summed E-state index contributed by atoms with van der Waals surface area (Å²) >= 11 is 0. The van der Waals surface area contributed by atoms with E-state index in [1.807, 2.05) is 35.2 Å². The zero-order chi connectivity index (χ0) is 19.2. The van der Waals surface area contributed by atoms with Crippen molar-refractivity contribution in [3.63, 3.8) is 0 Å². The number of benzene rings is 2. The van der Waals surface area contributed by atoms with Gasteiger partial charge in [-0.15, -0.1) is 0 Å². The van der Waals surface area contributed by atoms with Gasteiger partial charge in [0.15, 0.2) is 0 Å². The van der Waals surface area contributed by atoms with Crippen LogP contribution in [0.5, 0.6) is 5.75 Å². The van der Waals surface area contributed by atoms with Gasteiger partial charge in [0, 0.05) is 24.3 Å². The molecule has 6 heteroatoms. The van der Waals surface area contributed by atoms with Crippen molar-refractivity contribution in [2.75, 3.05) is 30.4 Å². The fraction of sp³-hybridized carbons (Fsp3) is 0.333. The second kappa shape index (κ2) is 8.58. The zero-order valence-electron chi connectivity index (χ0n) is 15.5. The molecule has 27 heavy (non-hydrogen) atoms. The molecule has 6 nitrogen and oxygen atoms in total. The van der Waals surface area contributed by atoms with Crippen molar-refractivity contribution in [1.82, 2.24) is 0 Å². The van der Waals surface area contributed by atoms with Gasteiger partial charge >= 0.3 is 0 Å². The topological polar surface area (TPSA) is 84.7 Å². The molecule has 3 rings (SSSR count). The lowest BCUT2D eigenvalue weighted by Gasteiger charge is -2.24. The van der Waals surface area contributed by atoms with Gasteiger partial charge in [-0.1, -0.05) is 6.07 Å². The zero-order valence-corrected chi connectivity index (χ0v) is 15.5. The summed E-state index contributed by atoms with van der Waals surface area (Å²) in [5.74, 6) is 0.206. The third-order valence-electron chi connectivity index (χ3n) is 4.78. The van der Waals surface area contributed by atoms with E-state index in [2.05, 4.69) is 17.4 Å². The van der Waals surface area contributed by atoms with E-state index in [-0.39, 0.29) is 18.9 Å². The number of ether oxygens (including phenoxy) is 1. The Bertz CT molecular complexity index is 818. The predicted molar refractivity (Wildman–Crippen MR) is 106 cm³/mol. The molecule has 3 N–H and O–H groups in total. The molecule has 0 atom stereocenters. The highest BCUT2D eigenvalue weighted by Gasteiger charge is 2.15. The Morgan fingerprint density at radius 3 is 2.56 bits per heavy atom. The summed E-state index contributed by atoms with van der Waals surface area (Å²) in [5, 5.41) is 2.96. The van der Waals surface area contributed by atoms with E-state index in [0.29, 0.717) is 6.54 Å². The number of hydrogen-bond acceptors (Lipinski definition) is 4. The molecule has 2 aromatic carbocycles. The summed E-state index contributed by atoms with van der Waals surface area (Å²) in [6.07, 6.45) is 3.53. The number of methoxy groups -OCH3 is 1. The fourth-order valence-corrected chi connectivity index (χ4v) is 3.36. The molecule has 1 aliphatic carbocycles. The molecule has 0 saturated heterocycles. The molecule has 0 heterocycles. The number of nitrogens with two attached hydrogens (primary N) is 1. The van der Waals surface area contributed by atoms with Gasteiger partial charge in [0.25, 0.3) is 0 Å². The largest absolute Gasteiger partial charge is 0.497 e. The Hall–Kier alpha value is -3.02. The quantitative estimate of drug-likeness (QED) is 0.751. The van der Waals surface area contributed by atoms with Crippen LogP contribution < -0.4 is 20.7 Å². The number of amides is 2. The maximum absolute atomic E-state index is 12.6. The van der Waals surface area contributed by atoms with Gasteiger partial charge < -0.3 is 20.7 Å². The molecule has 0 radical (unpaired) electrons. The van der Waals surface area contributed by atoms with Crippen LogP contribution in [0.4, 0.5) is 11.4 Å². The molecule has 2 aromatic rings.